The van der Waals surface area contributed by atoms with E-state index in [0.29, 0.717) is 23.0 Å². The smallest absolute Gasteiger partial charge is 0.257 e. The highest BCUT2D eigenvalue weighted by Gasteiger charge is 2.30. The molecule has 1 heterocycles. The third-order valence-electron chi connectivity index (χ3n) is 4.45. The molecule has 7 heteroatoms. The Balaban J connectivity index is 1.89. The van der Waals surface area contributed by atoms with Gasteiger partial charge in [-0.05, 0) is 38.8 Å². The number of aromatic nitrogens is 1. The molecule has 1 aliphatic rings. The predicted molar refractivity (Wildman–Crippen MR) is 108 cm³/mol. The summed E-state index contributed by atoms with van der Waals surface area (Å²) in [6.07, 6.45) is 6.27. The number of hydrogen-bond acceptors (Lipinski definition) is 5. The molecule has 28 heavy (non-hydrogen) atoms. The van der Waals surface area contributed by atoms with Crippen LogP contribution >= 0.6 is 0 Å². The number of rotatable bonds is 7. The molecule has 0 radical (unpaired) electrons. The molecule has 1 aliphatic carbocycles. The van der Waals surface area contributed by atoms with Gasteiger partial charge < -0.3 is 10.1 Å². The second-order valence-corrected chi connectivity index (χ2v) is 9.05. The molecular formula is C21H24N2O4S. The van der Waals surface area contributed by atoms with E-state index in [4.69, 9.17) is 4.74 Å². The van der Waals surface area contributed by atoms with Crippen LogP contribution in [-0.2, 0) is 9.84 Å². The predicted octanol–water partition coefficient (Wildman–Crippen LogP) is 3.74. The van der Waals surface area contributed by atoms with E-state index in [1.807, 2.05) is 37.3 Å². The van der Waals surface area contributed by atoms with E-state index >= 15 is 0 Å². The lowest BCUT2D eigenvalue weighted by molar-refractivity contribution is 0.0944. The van der Waals surface area contributed by atoms with Crippen LogP contribution < -0.4 is 10.1 Å². The number of amides is 1. The van der Waals surface area contributed by atoms with Crippen molar-refractivity contribution in [1.82, 2.24) is 10.3 Å². The van der Waals surface area contributed by atoms with Crippen LogP contribution in [0.4, 0.5) is 0 Å². The lowest BCUT2D eigenvalue weighted by Crippen LogP contribution is -2.31. The average Bonchev–Trinajstić information content (AvgIpc) is 3.47. The Bertz CT molecular complexity index is 997. The lowest BCUT2D eigenvalue weighted by atomic mass is 10.1. The van der Waals surface area contributed by atoms with Crippen molar-refractivity contribution in [3.05, 3.63) is 64.8 Å². The van der Waals surface area contributed by atoms with Gasteiger partial charge in [0.05, 0.1) is 5.69 Å². The molecule has 1 atom stereocenters. The van der Waals surface area contributed by atoms with E-state index < -0.39 is 15.9 Å². The minimum absolute atomic E-state index is 0.324. The average molecular weight is 401 g/mol. The van der Waals surface area contributed by atoms with Crippen LogP contribution in [0.5, 0.6) is 11.5 Å². The summed E-state index contributed by atoms with van der Waals surface area (Å²) in [4.78, 5) is 17.3. The fourth-order valence-corrected chi connectivity index (χ4v) is 3.39. The van der Waals surface area contributed by atoms with Gasteiger partial charge in [-0.1, -0.05) is 24.3 Å². The van der Waals surface area contributed by atoms with Crippen molar-refractivity contribution in [3.8, 4) is 11.5 Å². The van der Waals surface area contributed by atoms with Gasteiger partial charge in [-0.15, -0.1) is 0 Å². The number of sulfone groups is 1. The van der Waals surface area contributed by atoms with E-state index in [-0.39, 0.29) is 5.91 Å². The molecule has 0 unspecified atom stereocenters. The van der Waals surface area contributed by atoms with Crippen LogP contribution in [0, 0.1) is 6.92 Å². The van der Waals surface area contributed by atoms with Gasteiger partial charge in [0.1, 0.15) is 17.1 Å². The summed E-state index contributed by atoms with van der Waals surface area (Å²) in [5.41, 5.74) is 2.15. The Kier molecular flexibility index (Phi) is 5.84. The van der Waals surface area contributed by atoms with Gasteiger partial charge in [0, 0.05) is 35.4 Å². The Labute approximate surface area is 165 Å². The van der Waals surface area contributed by atoms with Crippen molar-refractivity contribution in [2.45, 2.75) is 38.6 Å². The third kappa shape index (κ3) is 5.19. The van der Waals surface area contributed by atoms with Crippen LogP contribution in [0.25, 0.3) is 0 Å². The maximum atomic E-state index is 12.8. The highest BCUT2D eigenvalue weighted by atomic mass is 32.2. The van der Waals surface area contributed by atoms with E-state index in [1.165, 1.54) is 6.08 Å². The fraction of sp³-hybridized carbons (Fsp3) is 0.333. The minimum atomic E-state index is -3.25. The summed E-state index contributed by atoms with van der Waals surface area (Å²) in [7, 11) is -3.25. The Hall–Kier alpha value is -2.67. The fourth-order valence-electron chi connectivity index (χ4n) is 2.87. The summed E-state index contributed by atoms with van der Waals surface area (Å²) < 4.78 is 28.6. The van der Waals surface area contributed by atoms with Crippen LogP contribution in [0.3, 0.4) is 0 Å². The number of nitrogens with zero attached hydrogens (tertiary/aromatic N) is 1. The van der Waals surface area contributed by atoms with Gasteiger partial charge in [0.15, 0.2) is 9.84 Å². The summed E-state index contributed by atoms with van der Waals surface area (Å²) >= 11 is 0. The van der Waals surface area contributed by atoms with Gasteiger partial charge in [-0.3, -0.25) is 9.78 Å². The van der Waals surface area contributed by atoms with Crippen molar-refractivity contribution in [3.63, 3.8) is 0 Å². The van der Waals surface area contributed by atoms with Gasteiger partial charge in [-0.25, -0.2) is 8.42 Å². The van der Waals surface area contributed by atoms with Crippen LogP contribution in [0.15, 0.2) is 48.0 Å². The van der Waals surface area contributed by atoms with E-state index in [9.17, 15) is 13.2 Å². The topological polar surface area (TPSA) is 85.4 Å². The van der Waals surface area contributed by atoms with E-state index in [2.05, 4.69) is 10.3 Å². The normalized spacial score (nSPS) is 15.4. The molecule has 6 nitrogen and oxygen atoms in total. The summed E-state index contributed by atoms with van der Waals surface area (Å²) in [5, 5.41) is 3.86. The lowest BCUT2D eigenvalue weighted by Gasteiger charge is -2.17. The number of carbonyl (C=O) groups is 1. The molecule has 0 spiro atoms. The zero-order chi connectivity index (χ0) is 20.3. The highest BCUT2D eigenvalue weighted by Crippen LogP contribution is 2.43. The summed E-state index contributed by atoms with van der Waals surface area (Å²) in [6.45, 7) is 3.62. The van der Waals surface area contributed by atoms with Gasteiger partial charge >= 0.3 is 0 Å². The molecule has 0 saturated heterocycles. The molecule has 1 aromatic heterocycles. The maximum Gasteiger partial charge on any atom is 0.257 e. The van der Waals surface area contributed by atoms with Crippen LogP contribution in [-0.4, -0.2) is 31.6 Å². The first-order chi connectivity index (χ1) is 13.2. The number of para-hydroxylation sites is 1. The summed E-state index contributed by atoms with van der Waals surface area (Å²) in [6, 6.07) is 8.82. The molecule has 1 fully saturated rings. The number of nitrogens with one attached hydrogen (secondary N) is 1. The molecule has 2 aromatic rings. The zero-order valence-corrected chi connectivity index (χ0v) is 17.0. The first-order valence-electron chi connectivity index (χ1n) is 9.16. The molecule has 1 saturated carbocycles. The quantitative estimate of drug-likeness (QED) is 0.765. The van der Waals surface area contributed by atoms with Crippen molar-refractivity contribution in [2.75, 3.05) is 6.26 Å². The van der Waals surface area contributed by atoms with Gasteiger partial charge in [0.25, 0.3) is 5.91 Å². The molecule has 1 aromatic carbocycles. The number of carbonyl (C=O) groups excluding carboxylic acids is 1. The highest BCUT2D eigenvalue weighted by molar-refractivity contribution is 7.93. The van der Waals surface area contributed by atoms with Crippen molar-refractivity contribution in [2.24, 2.45) is 0 Å². The first-order valence-corrected chi connectivity index (χ1v) is 11.1. The van der Waals surface area contributed by atoms with Crippen LogP contribution in [0.2, 0.25) is 0 Å². The SMILES string of the molecule is Cc1c(C2CC2)ncc(C(=O)N[C@@H](C)/C=C/S(C)(=O)=O)c1Oc1ccccc1. The molecular weight excluding hydrogens is 376 g/mol. The summed E-state index contributed by atoms with van der Waals surface area (Å²) in [5.74, 6) is 1.18. The third-order valence-corrected chi connectivity index (χ3v) is 5.10. The second kappa shape index (κ2) is 8.14. The number of pyridine rings is 1. The largest absolute Gasteiger partial charge is 0.456 e. The molecule has 3 rings (SSSR count). The van der Waals surface area contributed by atoms with Crippen molar-refractivity contribution in [1.29, 1.82) is 0 Å². The number of hydrogen-bond donors (Lipinski definition) is 1. The monoisotopic (exact) mass is 400 g/mol. The van der Waals surface area contributed by atoms with E-state index in [0.717, 1.165) is 35.8 Å². The van der Waals surface area contributed by atoms with Gasteiger partial charge in [-0.2, -0.15) is 0 Å². The van der Waals surface area contributed by atoms with E-state index in [1.54, 1.807) is 13.1 Å². The van der Waals surface area contributed by atoms with Crippen LogP contribution in [0.1, 0.15) is 47.3 Å². The van der Waals surface area contributed by atoms with Crippen molar-refractivity contribution < 1.29 is 17.9 Å². The number of benzene rings is 1. The standard InChI is InChI=1S/C21H24N2O4S/c1-14(11-12-28(3,25)26)23-21(24)18-13-22-19(16-9-10-16)15(2)20(18)27-17-7-5-4-6-8-17/h4-8,11-14,16H,9-10H2,1-3H3,(H,23,24)/b12-11+/t14-/m0/s1. The molecule has 1 amide bonds. The Morgan fingerprint density at radius 3 is 2.57 bits per heavy atom. The second-order valence-electron chi connectivity index (χ2n) is 7.12. The maximum absolute atomic E-state index is 12.8. The molecule has 0 bridgehead atoms. The minimum Gasteiger partial charge on any atom is -0.456 e. The molecule has 0 aliphatic heterocycles. The first kappa shape index (κ1) is 20.1. The Morgan fingerprint density at radius 1 is 1.29 bits per heavy atom. The van der Waals surface area contributed by atoms with Gasteiger partial charge in [0.2, 0.25) is 0 Å². The Morgan fingerprint density at radius 2 is 1.96 bits per heavy atom. The van der Waals surface area contributed by atoms with Crippen molar-refractivity contribution >= 4 is 15.7 Å². The number of ether oxygens (including phenoxy) is 1. The molecule has 1 N–H and O–H groups in total. The zero-order valence-electron chi connectivity index (χ0n) is 16.2. The molecule has 148 valence electrons.